The molecule has 0 spiro atoms. The SMILES string of the molecule is NCCCN(C(=O)C1COCCO1)c1ccc(F)cc1. The minimum atomic E-state index is -0.605. The Morgan fingerprint density at radius 2 is 2.10 bits per heavy atom. The van der Waals surface area contributed by atoms with Gasteiger partial charge in [-0.1, -0.05) is 0 Å². The van der Waals surface area contributed by atoms with E-state index in [9.17, 15) is 9.18 Å². The molecule has 1 aliphatic rings. The van der Waals surface area contributed by atoms with Crippen molar-refractivity contribution < 1.29 is 18.7 Å². The number of ether oxygens (including phenoxy) is 2. The second kappa shape index (κ2) is 7.33. The van der Waals surface area contributed by atoms with Gasteiger partial charge in [0.1, 0.15) is 5.82 Å². The number of carbonyl (C=O) groups is 1. The first-order chi connectivity index (χ1) is 9.72. The van der Waals surface area contributed by atoms with Gasteiger partial charge in [-0.05, 0) is 37.2 Å². The highest BCUT2D eigenvalue weighted by Gasteiger charge is 2.28. The Hall–Kier alpha value is -1.50. The summed E-state index contributed by atoms with van der Waals surface area (Å²) in [4.78, 5) is 14.1. The molecule has 1 aromatic rings. The number of halogens is 1. The summed E-state index contributed by atoms with van der Waals surface area (Å²) < 4.78 is 23.7. The van der Waals surface area contributed by atoms with Crippen LogP contribution in [0.25, 0.3) is 0 Å². The van der Waals surface area contributed by atoms with Gasteiger partial charge in [0, 0.05) is 12.2 Å². The molecule has 0 aliphatic carbocycles. The lowest BCUT2D eigenvalue weighted by atomic mass is 10.2. The van der Waals surface area contributed by atoms with Gasteiger partial charge in [-0.25, -0.2) is 4.39 Å². The standard InChI is InChI=1S/C14H19FN2O3/c15-11-2-4-12(5-3-11)17(7-1-6-16)14(18)13-10-19-8-9-20-13/h2-5,13H,1,6-10,16H2. The zero-order valence-corrected chi connectivity index (χ0v) is 11.3. The van der Waals surface area contributed by atoms with E-state index in [4.69, 9.17) is 15.2 Å². The number of anilines is 1. The van der Waals surface area contributed by atoms with Crippen LogP contribution in [0.2, 0.25) is 0 Å². The summed E-state index contributed by atoms with van der Waals surface area (Å²) in [6.07, 6.45) is 0.0584. The molecular weight excluding hydrogens is 263 g/mol. The number of carbonyl (C=O) groups excluding carboxylic acids is 1. The summed E-state index contributed by atoms with van der Waals surface area (Å²) in [6, 6.07) is 5.81. The number of nitrogens with zero attached hydrogens (tertiary/aromatic N) is 1. The van der Waals surface area contributed by atoms with E-state index in [0.717, 1.165) is 0 Å². The summed E-state index contributed by atoms with van der Waals surface area (Å²) in [7, 11) is 0. The Bertz CT molecular complexity index is 433. The molecule has 1 amide bonds. The smallest absolute Gasteiger partial charge is 0.258 e. The van der Waals surface area contributed by atoms with E-state index in [1.54, 1.807) is 17.0 Å². The van der Waals surface area contributed by atoms with Gasteiger partial charge in [-0.3, -0.25) is 4.79 Å². The van der Waals surface area contributed by atoms with Crippen molar-refractivity contribution in [3.05, 3.63) is 30.1 Å². The van der Waals surface area contributed by atoms with Crippen LogP contribution in [0.3, 0.4) is 0 Å². The molecule has 1 heterocycles. The first-order valence-electron chi connectivity index (χ1n) is 6.68. The van der Waals surface area contributed by atoms with Gasteiger partial charge in [0.2, 0.25) is 0 Å². The Labute approximate surface area is 117 Å². The Balaban J connectivity index is 2.13. The van der Waals surface area contributed by atoms with E-state index in [2.05, 4.69) is 0 Å². The van der Waals surface area contributed by atoms with Crippen LogP contribution in [-0.4, -0.2) is 44.9 Å². The third-order valence-corrected chi connectivity index (χ3v) is 3.08. The number of benzene rings is 1. The second-order valence-electron chi connectivity index (χ2n) is 4.54. The van der Waals surface area contributed by atoms with E-state index in [1.165, 1.54) is 12.1 Å². The molecular formula is C14H19FN2O3. The van der Waals surface area contributed by atoms with Crippen LogP contribution >= 0.6 is 0 Å². The average molecular weight is 282 g/mol. The first kappa shape index (κ1) is 14.9. The quantitative estimate of drug-likeness (QED) is 0.872. The fourth-order valence-corrected chi connectivity index (χ4v) is 2.04. The van der Waals surface area contributed by atoms with E-state index in [0.29, 0.717) is 38.4 Å². The summed E-state index contributed by atoms with van der Waals surface area (Å²) in [6.45, 7) is 2.11. The molecule has 1 fully saturated rings. The molecule has 2 N–H and O–H groups in total. The van der Waals surface area contributed by atoms with Gasteiger partial charge in [-0.2, -0.15) is 0 Å². The monoisotopic (exact) mass is 282 g/mol. The van der Waals surface area contributed by atoms with Crippen LogP contribution < -0.4 is 10.6 Å². The zero-order valence-electron chi connectivity index (χ0n) is 11.3. The molecule has 1 unspecified atom stereocenters. The normalized spacial score (nSPS) is 18.8. The highest BCUT2D eigenvalue weighted by atomic mass is 19.1. The third-order valence-electron chi connectivity index (χ3n) is 3.08. The lowest BCUT2D eigenvalue weighted by molar-refractivity contribution is -0.144. The van der Waals surface area contributed by atoms with E-state index in [1.807, 2.05) is 0 Å². The molecule has 0 aromatic heterocycles. The molecule has 1 aromatic carbocycles. The maximum absolute atomic E-state index is 13.0. The van der Waals surface area contributed by atoms with Gasteiger partial charge in [0.05, 0.1) is 19.8 Å². The lowest BCUT2D eigenvalue weighted by Crippen LogP contribution is -2.46. The van der Waals surface area contributed by atoms with Crippen LogP contribution in [0.5, 0.6) is 0 Å². The maximum Gasteiger partial charge on any atom is 0.258 e. The largest absolute Gasteiger partial charge is 0.376 e. The molecule has 0 saturated carbocycles. The molecule has 0 radical (unpaired) electrons. The number of hydrogen-bond acceptors (Lipinski definition) is 4. The fraction of sp³-hybridized carbons (Fsp3) is 0.500. The Morgan fingerprint density at radius 1 is 1.35 bits per heavy atom. The molecule has 6 heteroatoms. The van der Waals surface area contributed by atoms with Crippen molar-refractivity contribution in [3.8, 4) is 0 Å². The topological polar surface area (TPSA) is 64.8 Å². The second-order valence-corrected chi connectivity index (χ2v) is 4.54. The highest BCUT2D eigenvalue weighted by molar-refractivity contribution is 5.96. The van der Waals surface area contributed by atoms with Crippen molar-refractivity contribution in [2.45, 2.75) is 12.5 Å². The Morgan fingerprint density at radius 3 is 2.70 bits per heavy atom. The van der Waals surface area contributed by atoms with E-state index in [-0.39, 0.29) is 18.3 Å². The molecule has 0 bridgehead atoms. The minimum absolute atomic E-state index is 0.176. The third kappa shape index (κ3) is 3.75. The number of amides is 1. The predicted octanol–water partition coefficient (Wildman–Crippen LogP) is 0.923. The van der Waals surface area contributed by atoms with Crippen LogP contribution in [0, 0.1) is 5.82 Å². The Kier molecular flexibility index (Phi) is 5.46. The van der Waals surface area contributed by atoms with Crippen molar-refractivity contribution in [1.82, 2.24) is 0 Å². The zero-order chi connectivity index (χ0) is 14.4. The van der Waals surface area contributed by atoms with Crippen molar-refractivity contribution in [2.24, 2.45) is 5.73 Å². The van der Waals surface area contributed by atoms with Crippen LogP contribution in [0.4, 0.5) is 10.1 Å². The molecule has 2 rings (SSSR count). The number of hydrogen-bond donors (Lipinski definition) is 1. The van der Waals surface area contributed by atoms with E-state index >= 15 is 0 Å². The summed E-state index contributed by atoms with van der Waals surface area (Å²) >= 11 is 0. The molecule has 1 saturated heterocycles. The molecule has 5 nitrogen and oxygen atoms in total. The molecule has 1 atom stereocenters. The number of rotatable bonds is 5. The van der Waals surface area contributed by atoms with Crippen molar-refractivity contribution >= 4 is 11.6 Å². The first-order valence-corrected chi connectivity index (χ1v) is 6.68. The van der Waals surface area contributed by atoms with Gasteiger partial charge in [0.25, 0.3) is 5.91 Å². The fourth-order valence-electron chi connectivity index (χ4n) is 2.04. The minimum Gasteiger partial charge on any atom is -0.376 e. The average Bonchev–Trinajstić information content (AvgIpc) is 2.50. The van der Waals surface area contributed by atoms with Crippen molar-refractivity contribution in [1.29, 1.82) is 0 Å². The van der Waals surface area contributed by atoms with Crippen molar-refractivity contribution in [2.75, 3.05) is 37.8 Å². The van der Waals surface area contributed by atoms with Crippen molar-refractivity contribution in [3.63, 3.8) is 0 Å². The van der Waals surface area contributed by atoms with Gasteiger partial charge in [-0.15, -0.1) is 0 Å². The van der Waals surface area contributed by atoms with Crippen LogP contribution in [-0.2, 0) is 14.3 Å². The van der Waals surface area contributed by atoms with Crippen LogP contribution in [0.1, 0.15) is 6.42 Å². The molecule has 20 heavy (non-hydrogen) atoms. The van der Waals surface area contributed by atoms with Gasteiger partial charge in [0.15, 0.2) is 6.10 Å². The van der Waals surface area contributed by atoms with Gasteiger partial charge < -0.3 is 20.1 Å². The summed E-state index contributed by atoms with van der Waals surface area (Å²) in [5, 5.41) is 0. The maximum atomic E-state index is 13.0. The van der Waals surface area contributed by atoms with Gasteiger partial charge >= 0.3 is 0 Å². The van der Waals surface area contributed by atoms with Crippen LogP contribution in [0.15, 0.2) is 24.3 Å². The number of nitrogens with two attached hydrogens (primary N) is 1. The molecule has 1 aliphatic heterocycles. The molecule has 110 valence electrons. The summed E-state index contributed by atoms with van der Waals surface area (Å²) in [5.74, 6) is -0.512. The van der Waals surface area contributed by atoms with E-state index < -0.39 is 6.10 Å². The summed E-state index contributed by atoms with van der Waals surface area (Å²) in [5.41, 5.74) is 6.14. The predicted molar refractivity (Wildman–Crippen MR) is 73.0 cm³/mol. The lowest BCUT2D eigenvalue weighted by Gasteiger charge is -2.29. The highest BCUT2D eigenvalue weighted by Crippen LogP contribution is 2.18.